The highest BCUT2D eigenvalue weighted by Gasteiger charge is 2.23. The number of likely N-dealkylation sites (N-methyl/N-ethyl adjacent to an activating group) is 2. The molecule has 0 bridgehead atoms. The Morgan fingerprint density at radius 1 is 0.618 bits per heavy atom. The van der Waals surface area contributed by atoms with Crippen LogP contribution in [0.1, 0.15) is 46.4 Å². The fraction of sp³-hybridized carbons (Fsp3) is 0.462. The molecule has 0 saturated heterocycles. The molecule has 0 atom stereocenters. The first-order valence-corrected chi connectivity index (χ1v) is 12.8. The van der Waals surface area contributed by atoms with Crippen LogP contribution in [0.25, 0.3) is 0 Å². The topological polar surface area (TPSA) is 34.1 Å². The Kier molecular flexibility index (Phi) is 15.5. The molecule has 0 aromatic heterocycles. The maximum atomic E-state index is 12.7. The van der Waals surface area contributed by atoms with Gasteiger partial charge in [0.2, 0.25) is 11.6 Å². The van der Waals surface area contributed by atoms with Crippen molar-refractivity contribution in [1.82, 2.24) is 0 Å². The Morgan fingerprint density at radius 2 is 0.941 bits per heavy atom. The minimum Gasteiger partial charge on any atom is -1.00 e. The van der Waals surface area contributed by atoms with E-state index in [2.05, 4.69) is 60.1 Å². The number of benzene rings is 2. The van der Waals surface area contributed by atoms with E-state index in [0.717, 1.165) is 58.8 Å². The van der Waals surface area contributed by atoms with E-state index >= 15 is 0 Å². The lowest BCUT2D eigenvalue weighted by molar-refractivity contribution is -0.882. The fourth-order valence-corrected chi connectivity index (χ4v) is 4.93. The van der Waals surface area contributed by atoms with Crippen molar-refractivity contribution in [3.63, 3.8) is 0 Å². The predicted octanol–water partition coefficient (Wildman–Crippen LogP) is -0.00160. The molecular weight excluding hydrogens is 692 g/mol. The quantitative estimate of drug-likeness (QED) is 0.166. The van der Waals surface area contributed by atoms with Gasteiger partial charge in [-0.05, 0) is 37.8 Å². The van der Waals surface area contributed by atoms with Crippen molar-refractivity contribution in [1.29, 1.82) is 0 Å². The summed E-state index contributed by atoms with van der Waals surface area (Å²) in [5.41, 5.74) is 1.52. The number of halogens is 4. The minimum absolute atomic E-state index is 0. The molecule has 0 aliphatic rings. The average molecular weight is 728 g/mol. The number of hydrogen-bond donors (Lipinski definition) is 0. The van der Waals surface area contributed by atoms with Gasteiger partial charge >= 0.3 is 0 Å². The molecule has 34 heavy (non-hydrogen) atoms. The van der Waals surface area contributed by atoms with Gasteiger partial charge in [0.05, 0.1) is 41.3 Å². The van der Waals surface area contributed by atoms with E-state index < -0.39 is 0 Å². The summed E-state index contributed by atoms with van der Waals surface area (Å²) >= 11 is 6.96. The predicted molar refractivity (Wildman–Crippen MR) is 139 cm³/mol. The van der Waals surface area contributed by atoms with Crippen LogP contribution in [0.3, 0.4) is 0 Å². The number of ketones is 2. The summed E-state index contributed by atoms with van der Waals surface area (Å²) in [6.07, 6.45) is 4.48. The van der Waals surface area contributed by atoms with Crippen LogP contribution in [0.4, 0.5) is 0 Å². The highest BCUT2D eigenvalue weighted by atomic mass is 79.9. The van der Waals surface area contributed by atoms with E-state index in [-0.39, 0.29) is 45.5 Å². The third kappa shape index (κ3) is 11.6. The zero-order valence-electron chi connectivity index (χ0n) is 20.5. The van der Waals surface area contributed by atoms with Gasteiger partial charge in [-0.15, -0.1) is 0 Å². The first kappa shape index (κ1) is 33.6. The van der Waals surface area contributed by atoms with E-state index in [0.29, 0.717) is 22.1 Å². The second-order valence-corrected chi connectivity index (χ2v) is 11.6. The molecule has 2 rings (SSSR count). The summed E-state index contributed by atoms with van der Waals surface area (Å²) in [4.78, 5) is 25.3. The van der Waals surface area contributed by atoms with E-state index in [4.69, 9.17) is 0 Å². The Labute approximate surface area is 243 Å². The largest absolute Gasteiger partial charge is 1.00 e. The Morgan fingerprint density at radius 3 is 1.26 bits per heavy atom. The first-order valence-electron chi connectivity index (χ1n) is 11.2. The molecule has 0 fully saturated rings. The lowest BCUT2D eigenvalue weighted by atomic mass is 10.1. The zero-order chi connectivity index (χ0) is 23.8. The standard InChI is InChI=1S/C26H36Br2N2O2.2BrH/c1-29(2,19-25(31)21-13-7-9-15-23(21)27)17-11-5-6-12-18-30(3,4)20-26(32)22-14-8-10-16-24(22)28;;/h7-10,13-16H,5-6,11-12,17-20H2,1-4H3;2*1H/q+2;;/p-2. The average Bonchev–Trinajstić information content (AvgIpc) is 2.70. The first-order chi connectivity index (χ1) is 15.0. The number of carbonyl (C=O) groups excluding carboxylic acids is 2. The molecule has 0 spiro atoms. The van der Waals surface area contributed by atoms with Crippen LogP contribution in [-0.4, -0.2) is 74.9 Å². The number of quaternary nitrogens is 2. The second kappa shape index (κ2) is 15.7. The van der Waals surface area contributed by atoms with E-state index in [9.17, 15) is 9.59 Å². The number of hydrogen-bond acceptors (Lipinski definition) is 2. The molecule has 0 unspecified atom stereocenters. The van der Waals surface area contributed by atoms with Gasteiger partial charge in [-0.3, -0.25) is 9.59 Å². The Balaban J connectivity index is 0.00000544. The van der Waals surface area contributed by atoms with Crippen molar-refractivity contribution in [2.75, 3.05) is 54.4 Å². The molecule has 2 aromatic carbocycles. The second-order valence-electron chi connectivity index (χ2n) is 9.86. The third-order valence-corrected chi connectivity index (χ3v) is 7.15. The lowest BCUT2D eigenvalue weighted by Crippen LogP contribution is -3.00. The molecule has 0 heterocycles. The molecule has 2 aromatic rings. The van der Waals surface area contributed by atoms with Crippen molar-refractivity contribution >= 4 is 43.4 Å². The summed E-state index contributed by atoms with van der Waals surface area (Å²) in [6, 6.07) is 15.3. The highest BCUT2D eigenvalue weighted by molar-refractivity contribution is 9.10. The number of rotatable bonds is 13. The van der Waals surface area contributed by atoms with Gasteiger partial charge in [0.15, 0.2) is 0 Å². The molecule has 0 amide bonds. The summed E-state index contributed by atoms with van der Waals surface area (Å²) in [6.45, 7) is 2.97. The van der Waals surface area contributed by atoms with Crippen LogP contribution in [0.2, 0.25) is 0 Å². The van der Waals surface area contributed by atoms with Crippen molar-refractivity contribution in [2.24, 2.45) is 0 Å². The third-order valence-electron chi connectivity index (χ3n) is 5.77. The SMILES string of the molecule is C[N+](C)(CCCCCC[N+](C)(C)CC(=O)c1ccccc1Br)CC(=O)c1ccccc1Br.[Br-].[Br-]. The molecule has 0 saturated carbocycles. The van der Waals surface area contributed by atoms with Crippen LogP contribution in [-0.2, 0) is 0 Å². The summed E-state index contributed by atoms with van der Waals surface area (Å²) in [7, 11) is 8.51. The van der Waals surface area contributed by atoms with Gasteiger partial charge in [-0.25, -0.2) is 0 Å². The lowest BCUT2D eigenvalue weighted by Gasteiger charge is -2.30. The molecular formula is C26H36Br4N2O2. The number of unbranched alkanes of at least 4 members (excludes halogenated alkanes) is 3. The number of Topliss-reactive ketones (excluding diaryl/α,β-unsaturated/α-hetero) is 2. The minimum atomic E-state index is 0. The number of carbonyl (C=O) groups is 2. The maximum absolute atomic E-state index is 12.7. The monoisotopic (exact) mass is 724 g/mol. The van der Waals surface area contributed by atoms with Gasteiger partial charge in [-0.2, -0.15) is 0 Å². The van der Waals surface area contributed by atoms with Crippen LogP contribution in [0.15, 0.2) is 57.5 Å². The Bertz CT molecular complexity index is 857. The molecule has 0 radical (unpaired) electrons. The summed E-state index contributed by atoms with van der Waals surface area (Å²) < 4.78 is 3.12. The Hall–Kier alpha value is -0.380. The van der Waals surface area contributed by atoms with E-state index in [1.165, 1.54) is 0 Å². The van der Waals surface area contributed by atoms with Gasteiger partial charge < -0.3 is 42.9 Å². The maximum Gasteiger partial charge on any atom is 0.218 e. The van der Waals surface area contributed by atoms with Crippen molar-refractivity contribution in [2.45, 2.75) is 25.7 Å². The van der Waals surface area contributed by atoms with Crippen molar-refractivity contribution < 1.29 is 52.5 Å². The van der Waals surface area contributed by atoms with Crippen LogP contribution in [0, 0.1) is 0 Å². The fourth-order valence-electron chi connectivity index (χ4n) is 3.91. The van der Waals surface area contributed by atoms with Crippen molar-refractivity contribution in [3.05, 3.63) is 68.6 Å². The van der Waals surface area contributed by atoms with Crippen LogP contribution in [0.5, 0.6) is 0 Å². The zero-order valence-corrected chi connectivity index (χ0v) is 26.8. The molecule has 190 valence electrons. The normalized spacial score (nSPS) is 11.4. The van der Waals surface area contributed by atoms with Gasteiger partial charge in [-0.1, -0.05) is 68.3 Å². The summed E-state index contributed by atoms with van der Waals surface area (Å²) in [5, 5.41) is 0. The van der Waals surface area contributed by atoms with Gasteiger partial charge in [0, 0.05) is 20.1 Å². The molecule has 0 aliphatic heterocycles. The molecule has 8 heteroatoms. The van der Waals surface area contributed by atoms with Crippen LogP contribution >= 0.6 is 31.9 Å². The number of nitrogens with zero attached hydrogens (tertiary/aromatic N) is 2. The molecule has 0 N–H and O–H groups in total. The smallest absolute Gasteiger partial charge is 0.218 e. The van der Waals surface area contributed by atoms with Gasteiger partial charge in [0.1, 0.15) is 13.1 Å². The van der Waals surface area contributed by atoms with Crippen molar-refractivity contribution in [3.8, 4) is 0 Å². The van der Waals surface area contributed by atoms with Gasteiger partial charge in [0.25, 0.3) is 0 Å². The molecule has 4 nitrogen and oxygen atoms in total. The van der Waals surface area contributed by atoms with Crippen LogP contribution < -0.4 is 34.0 Å². The summed E-state index contributed by atoms with van der Waals surface area (Å²) in [5.74, 6) is 0.354. The van der Waals surface area contributed by atoms with E-state index in [1.807, 2.05) is 48.5 Å². The highest BCUT2D eigenvalue weighted by Crippen LogP contribution is 2.19. The van der Waals surface area contributed by atoms with E-state index in [1.54, 1.807) is 0 Å². The molecule has 0 aliphatic carbocycles.